The van der Waals surface area contributed by atoms with Gasteiger partial charge >= 0.3 is 0 Å². The third kappa shape index (κ3) is 4.25. The summed E-state index contributed by atoms with van der Waals surface area (Å²) >= 11 is 0. The minimum atomic E-state index is -4.09. The third-order valence-electron chi connectivity index (χ3n) is 3.51. The average molecular weight is 316 g/mol. The van der Waals surface area contributed by atoms with Crippen LogP contribution in [0, 0.1) is 18.2 Å². The van der Waals surface area contributed by atoms with E-state index in [1.165, 1.54) is 6.92 Å². The molecule has 0 aliphatic carbocycles. The van der Waals surface area contributed by atoms with Gasteiger partial charge in [0, 0.05) is 17.2 Å². The minimum absolute atomic E-state index is 0.0711. The molecule has 3 N–H and O–H groups in total. The summed E-state index contributed by atoms with van der Waals surface area (Å²) in [5, 5.41) is 7.76. The lowest BCUT2D eigenvalue weighted by atomic mass is 9.88. The molecule has 0 aliphatic rings. The number of primary sulfonamides is 1. The smallest absolute Gasteiger partial charge is 0.251 e. The minimum Gasteiger partial charge on any atom is -0.349 e. The summed E-state index contributed by atoms with van der Waals surface area (Å²) < 4.78 is 36.7. The van der Waals surface area contributed by atoms with E-state index in [2.05, 4.69) is 5.32 Å². The highest BCUT2D eigenvalue weighted by atomic mass is 32.2. The molecule has 0 fully saturated rings. The zero-order chi connectivity index (χ0) is 16.6. The molecular weight excluding hydrogens is 295 g/mol. The van der Waals surface area contributed by atoms with E-state index in [1.54, 1.807) is 0 Å². The molecule has 0 bridgehead atoms. The van der Waals surface area contributed by atoms with Gasteiger partial charge in [-0.2, -0.15) is 0 Å². The molecule has 0 aromatic heterocycles. The molecule has 1 atom stereocenters. The van der Waals surface area contributed by atoms with Crippen molar-refractivity contribution in [2.45, 2.75) is 45.6 Å². The molecule has 1 amide bonds. The second-order valence-electron chi connectivity index (χ2n) is 6.19. The highest BCUT2D eigenvalue weighted by Crippen LogP contribution is 2.22. The van der Waals surface area contributed by atoms with Crippen molar-refractivity contribution in [3.8, 4) is 0 Å². The standard InChI is InChI=1S/C14H21FN2O3S/c1-8-11(15)6-10(7-12(8)21(16,19)20)13(18)17-9(2)14(3,4)5/h6-7,9H,1-5H3,(H,17,18)(H2,16,19,20). The van der Waals surface area contributed by atoms with E-state index >= 15 is 0 Å². The Kier molecular flexibility index (Phi) is 4.80. The largest absolute Gasteiger partial charge is 0.349 e. The predicted octanol–water partition coefficient (Wildman–Crippen LogP) is 1.95. The molecule has 0 heterocycles. The van der Waals surface area contributed by atoms with Crippen molar-refractivity contribution in [3.05, 3.63) is 29.1 Å². The molecule has 0 radical (unpaired) electrons. The fourth-order valence-corrected chi connectivity index (χ4v) is 2.39. The zero-order valence-corrected chi connectivity index (χ0v) is 13.6. The first-order valence-electron chi connectivity index (χ1n) is 6.48. The van der Waals surface area contributed by atoms with Crippen LogP contribution in [0.25, 0.3) is 0 Å². The van der Waals surface area contributed by atoms with E-state index in [-0.39, 0.29) is 27.5 Å². The summed E-state index contributed by atoms with van der Waals surface area (Å²) in [7, 11) is -4.09. The fraction of sp³-hybridized carbons (Fsp3) is 0.500. The molecule has 0 saturated carbocycles. The summed E-state index contributed by atoms with van der Waals surface area (Å²) in [4.78, 5) is 11.8. The van der Waals surface area contributed by atoms with Gasteiger partial charge in [-0.1, -0.05) is 20.8 Å². The number of halogens is 1. The number of carbonyl (C=O) groups excluding carboxylic acids is 1. The number of nitrogens with two attached hydrogens (primary N) is 1. The van der Waals surface area contributed by atoms with Crippen molar-refractivity contribution in [1.29, 1.82) is 0 Å². The lowest BCUT2D eigenvalue weighted by Gasteiger charge is -2.28. The number of sulfonamides is 1. The van der Waals surface area contributed by atoms with Gasteiger partial charge in [-0.15, -0.1) is 0 Å². The average Bonchev–Trinajstić information content (AvgIpc) is 2.29. The molecule has 21 heavy (non-hydrogen) atoms. The van der Waals surface area contributed by atoms with Crippen LogP contribution in [0.2, 0.25) is 0 Å². The van der Waals surface area contributed by atoms with Crippen LogP contribution in [-0.4, -0.2) is 20.4 Å². The number of amides is 1. The zero-order valence-electron chi connectivity index (χ0n) is 12.8. The first kappa shape index (κ1) is 17.6. The number of benzene rings is 1. The number of carbonyl (C=O) groups is 1. The Morgan fingerprint density at radius 1 is 1.33 bits per heavy atom. The van der Waals surface area contributed by atoms with Crippen molar-refractivity contribution in [3.63, 3.8) is 0 Å². The van der Waals surface area contributed by atoms with Gasteiger partial charge in [0.15, 0.2) is 0 Å². The van der Waals surface area contributed by atoms with E-state index in [0.29, 0.717) is 0 Å². The number of nitrogens with one attached hydrogen (secondary N) is 1. The molecule has 1 unspecified atom stereocenters. The highest BCUT2D eigenvalue weighted by Gasteiger charge is 2.24. The van der Waals surface area contributed by atoms with Crippen molar-refractivity contribution in [2.75, 3.05) is 0 Å². The Hall–Kier alpha value is -1.47. The molecule has 1 aromatic carbocycles. The van der Waals surface area contributed by atoms with Crippen molar-refractivity contribution in [1.82, 2.24) is 5.32 Å². The van der Waals surface area contributed by atoms with Crippen LogP contribution in [0.4, 0.5) is 4.39 Å². The third-order valence-corrected chi connectivity index (χ3v) is 4.55. The van der Waals surface area contributed by atoms with Gasteiger partial charge in [0.05, 0.1) is 4.90 Å². The molecule has 0 saturated heterocycles. The second-order valence-corrected chi connectivity index (χ2v) is 7.72. The van der Waals surface area contributed by atoms with Crippen LogP contribution in [-0.2, 0) is 10.0 Å². The van der Waals surface area contributed by atoms with E-state index in [4.69, 9.17) is 5.14 Å². The first-order valence-corrected chi connectivity index (χ1v) is 8.02. The van der Waals surface area contributed by atoms with Crippen LogP contribution >= 0.6 is 0 Å². The highest BCUT2D eigenvalue weighted by molar-refractivity contribution is 7.89. The van der Waals surface area contributed by atoms with E-state index in [0.717, 1.165) is 12.1 Å². The molecule has 1 aromatic rings. The van der Waals surface area contributed by atoms with E-state index in [9.17, 15) is 17.6 Å². The van der Waals surface area contributed by atoms with Crippen molar-refractivity contribution in [2.24, 2.45) is 10.6 Å². The normalized spacial score (nSPS) is 13.9. The maximum atomic E-state index is 13.8. The molecular formula is C14H21FN2O3S. The Balaban J connectivity index is 3.21. The van der Waals surface area contributed by atoms with Gasteiger partial charge in [0.25, 0.3) is 5.91 Å². The summed E-state index contributed by atoms with van der Waals surface area (Å²) in [6.07, 6.45) is 0. The summed E-state index contributed by atoms with van der Waals surface area (Å²) in [5.74, 6) is -1.32. The lowest BCUT2D eigenvalue weighted by Crippen LogP contribution is -2.41. The molecule has 7 heteroatoms. The van der Waals surface area contributed by atoms with Gasteiger partial charge in [0.2, 0.25) is 10.0 Å². The maximum Gasteiger partial charge on any atom is 0.251 e. The van der Waals surface area contributed by atoms with Crippen LogP contribution in [0.1, 0.15) is 43.6 Å². The molecule has 118 valence electrons. The Bertz CT molecular complexity index is 664. The molecule has 0 spiro atoms. The van der Waals surface area contributed by atoms with Crippen LogP contribution in [0.3, 0.4) is 0 Å². The summed E-state index contributed by atoms with van der Waals surface area (Å²) in [6, 6.07) is 1.93. The van der Waals surface area contributed by atoms with Gasteiger partial charge < -0.3 is 5.32 Å². The Morgan fingerprint density at radius 3 is 2.29 bits per heavy atom. The van der Waals surface area contributed by atoms with Crippen molar-refractivity contribution < 1.29 is 17.6 Å². The SMILES string of the molecule is Cc1c(F)cc(C(=O)NC(C)C(C)(C)C)cc1S(N)(=O)=O. The maximum absolute atomic E-state index is 13.8. The fourth-order valence-electron chi connectivity index (χ4n) is 1.58. The number of hydrogen-bond acceptors (Lipinski definition) is 3. The van der Waals surface area contributed by atoms with Crippen LogP contribution in [0.15, 0.2) is 17.0 Å². The first-order chi connectivity index (χ1) is 9.34. The van der Waals surface area contributed by atoms with Crippen LogP contribution in [0.5, 0.6) is 0 Å². The monoisotopic (exact) mass is 316 g/mol. The lowest BCUT2D eigenvalue weighted by molar-refractivity contribution is 0.0909. The molecule has 5 nitrogen and oxygen atoms in total. The van der Waals surface area contributed by atoms with Gasteiger partial charge in [-0.05, 0) is 31.4 Å². The molecule has 0 aliphatic heterocycles. The summed E-state index contributed by atoms with van der Waals surface area (Å²) in [6.45, 7) is 8.97. The van der Waals surface area contributed by atoms with Gasteiger partial charge in [-0.3, -0.25) is 4.79 Å². The number of rotatable bonds is 3. The van der Waals surface area contributed by atoms with E-state index < -0.39 is 21.7 Å². The topological polar surface area (TPSA) is 89.3 Å². The van der Waals surface area contributed by atoms with E-state index in [1.807, 2.05) is 27.7 Å². The Labute approximate surface area is 124 Å². The Morgan fingerprint density at radius 2 is 1.86 bits per heavy atom. The second kappa shape index (κ2) is 5.73. The quantitative estimate of drug-likeness (QED) is 0.893. The molecule has 1 rings (SSSR count). The van der Waals surface area contributed by atoms with Gasteiger partial charge in [0.1, 0.15) is 5.82 Å². The number of hydrogen-bond donors (Lipinski definition) is 2. The summed E-state index contributed by atoms with van der Waals surface area (Å²) in [5.41, 5.74) is -0.349. The predicted molar refractivity (Wildman–Crippen MR) is 78.9 cm³/mol. The van der Waals surface area contributed by atoms with Gasteiger partial charge in [-0.25, -0.2) is 17.9 Å². The van der Waals surface area contributed by atoms with Crippen molar-refractivity contribution >= 4 is 15.9 Å². The van der Waals surface area contributed by atoms with Crippen LogP contribution < -0.4 is 10.5 Å².